The van der Waals surface area contributed by atoms with E-state index >= 15 is 0 Å². The molecule has 0 bridgehead atoms. The van der Waals surface area contributed by atoms with Crippen LogP contribution in [0.3, 0.4) is 0 Å². The maximum atomic E-state index is 13.3. The zero-order valence-electron chi connectivity index (χ0n) is 15.8. The molecule has 2 heterocycles. The summed E-state index contributed by atoms with van der Waals surface area (Å²) in [5.41, 5.74) is 1.09. The van der Waals surface area contributed by atoms with E-state index in [9.17, 15) is 9.59 Å². The number of rotatable bonds is 3. The van der Waals surface area contributed by atoms with Crippen molar-refractivity contribution in [2.75, 3.05) is 32.7 Å². The van der Waals surface area contributed by atoms with Gasteiger partial charge in [-0.15, -0.1) is 0 Å². The summed E-state index contributed by atoms with van der Waals surface area (Å²) in [4.78, 5) is 30.6. The number of hydrogen-bond donors (Lipinski definition) is 0. The van der Waals surface area contributed by atoms with E-state index in [0.717, 1.165) is 19.6 Å². The largest absolute Gasteiger partial charge is 0.336 e. The number of hydrogen-bond acceptors (Lipinski definition) is 3. The van der Waals surface area contributed by atoms with Crippen molar-refractivity contribution < 1.29 is 4.79 Å². The van der Waals surface area contributed by atoms with Crippen LogP contribution in [0.15, 0.2) is 59.5 Å². The first-order valence-electron chi connectivity index (χ1n) is 9.50. The fourth-order valence-corrected chi connectivity index (χ4v) is 3.82. The van der Waals surface area contributed by atoms with Gasteiger partial charge in [-0.05, 0) is 36.9 Å². The van der Waals surface area contributed by atoms with E-state index < -0.39 is 0 Å². The quantitative estimate of drug-likeness (QED) is 0.682. The first kappa shape index (κ1) is 18.7. The van der Waals surface area contributed by atoms with Crippen LogP contribution in [0.2, 0.25) is 5.02 Å². The second kappa shape index (κ2) is 7.78. The molecule has 1 fully saturated rings. The number of fused-ring (bicyclic) bond motifs is 1. The molecular formula is C22H22ClN3O2. The highest BCUT2D eigenvalue weighted by Gasteiger charge is 2.24. The molecule has 0 unspecified atom stereocenters. The van der Waals surface area contributed by atoms with Crippen molar-refractivity contribution in [3.05, 3.63) is 75.7 Å². The normalized spacial score (nSPS) is 15.1. The van der Waals surface area contributed by atoms with Gasteiger partial charge >= 0.3 is 0 Å². The van der Waals surface area contributed by atoms with E-state index in [0.29, 0.717) is 40.1 Å². The fraction of sp³-hybridized carbons (Fsp3) is 0.273. The van der Waals surface area contributed by atoms with Gasteiger partial charge in [0.2, 0.25) is 0 Å². The van der Waals surface area contributed by atoms with Crippen LogP contribution in [0.5, 0.6) is 0 Å². The highest BCUT2D eigenvalue weighted by molar-refractivity contribution is 6.30. The van der Waals surface area contributed by atoms with Crippen molar-refractivity contribution in [2.45, 2.75) is 6.92 Å². The summed E-state index contributed by atoms with van der Waals surface area (Å²) in [7, 11) is 0. The first-order valence-corrected chi connectivity index (χ1v) is 9.88. The number of nitrogens with zero attached hydrogens (tertiary/aromatic N) is 3. The third-order valence-electron chi connectivity index (χ3n) is 5.37. The number of carbonyl (C=O) groups excluding carboxylic acids is 1. The van der Waals surface area contributed by atoms with Crippen LogP contribution in [0, 0.1) is 0 Å². The number of aromatic nitrogens is 1. The Morgan fingerprint density at radius 1 is 0.964 bits per heavy atom. The van der Waals surface area contributed by atoms with Gasteiger partial charge in [-0.3, -0.25) is 14.2 Å². The molecule has 0 aliphatic carbocycles. The van der Waals surface area contributed by atoms with Crippen LogP contribution in [0.1, 0.15) is 17.3 Å². The summed E-state index contributed by atoms with van der Waals surface area (Å²) >= 11 is 5.99. The summed E-state index contributed by atoms with van der Waals surface area (Å²) in [5, 5.41) is 1.83. The van der Waals surface area contributed by atoms with E-state index in [2.05, 4.69) is 11.8 Å². The minimum absolute atomic E-state index is 0.0327. The molecule has 144 valence electrons. The van der Waals surface area contributed by atoms with Crippen LogP contribution < -0.4 is 5.56 Å². The minimum atomic E-state index is -0.148. The number of benzene rings is 2. The van der Waals surface area contributed by atoms with Crippen LogP contribution >= 0.6 is 11.6 Å². The van der Waals surface area contributed by atoms with E-state index in [4.69, 9.17) is 11.6 Å². The Bertz CT molecular complexity index is 1070. The average molecular weight is 396 g/mol. The predicted molar refractivity (Wildman–Crippen MR) is 113 cm³/mol. The highest BCUT2D eigenvalue weighted by atomic mass is 35.5. The van der Waals surface area contributed by atoms with Gasteiger partial charge in [-0.2, -0.15) is 0 Å². The van der Waals surface area contributed by atoms with Gasteiger partial charge in [-0.1, -0.05) is 36.7 Å². The SMILES string of the molecule is CCN1CCN(C(=O)c2cn(-c3ccc(Cl)cc3)c(=O)c3ccccc23)CC1. The van der Waals surface area contributed by atoms with Gasteiger partial charge in [-0.25, -0.2) is 0 Å². The second-order valence-corrected chi connectivity index (χ2v) is 7.40. The minimum Gasteiger partial charge on any atom is -0.336 e. The molecule has 0 N–H and O–H groups in total. The molecule has 28 heavy (non-hydrogen) atoms. The van der Waals surface area contributed by atoms with Gasteiger partial charge in [0, 0.05) is 53.9 Å². The third kappa shape index (κ3) is 3.43. The van der Waals surface area contributed by atoms with Crippen LogP contribution in [0.25, 0.3) is 16.5 Å². The van der Waals surface area contributed by atoms with E-state index in [1.807, 2.05) is 23.1 Å². The smallest absolute Gasteiger partial charge is 0.262 e. The molecule has 6 heteroatoms. The monoisotopic (exact) mass is 395 g/mol. The summed E-state index contributed by atoms with van der Waals surface area (Å²) in [6.07, 6.45) is 1.67. The van der Waals surface area contributed by atoms with Gasteiger partial charge in [0.25, 0.3) is 11.5 Å². The molecule has 1 aromatic heterocycles. The van der Waals surface area contributed by atoms with Crippen molar-refractivity contribution in [1.82, 2.24) is 14.4 Å². The number of carbonyl (C=O) groups is 1. The van der Waals surface area contributed by atoms with E-state index in [1.54, 1.807) is 36.5 Å². The molecular weight excluding hydrogens is 374 g/mol. The van der Waals surface area contributed by atoms with Crippen LogP contribution in [-0.4, -0.2) is 53.0 Å². The van der Waals surface area contributed by atoms with E-state index in [-0.39, 0.29) is 11.5 Å². The number of halogens is 1. The molecule has 0 atom stereocenters. The molecule has 4 rings (SSSR count). The molecule has 0 saturated carbocycles. The Labute approximate surface area is 168 Å². The number of pyridine rings is 1. The maximum absolute atomic E-state index is 13.3. The molecule has 1 saturated heterocycles. The lowest BCUT2D eigenvalue weighted by Crippen LogP contribution is -2.48. The van der Waals surface area contributed by atoms with Crippen molar-refractivity contribution in [2.24, 2.45) is 0 Å². The Morgan fingerprint density at radius 3 is 2.25 bits per heavy atom. The molecule has 1 aliphatic rings. The summed E-state index contributed by atoms with van der Waals surface area (Å²) in [6, 6.07) is 14.4. The lowest BCUT2D eigenvalue weighted by atomic mass is 10.1. The van der Waals surface area contributed by atoms with Crippen LogP contribution in [-0.2, 0) is 0 Å². The highest BCUT2D eigenvalue weighted by Crippen LogP contribution is 2.21. The van der Waals surface area contributed by atoms with Crippen molar-refractivity contribution in [1.29, 1.82) is 0 Å². The molecule has 0 spiro atoms. The molecule has 0 radical (unpaired) electrons. The molecule has 2 aromatic carbocycles. The second-order valence-electron chi connectivity index (χ2n) is 6.97. The summed E-state index contributed by atoms with van der Waals surface area (Å²) < 4.78 is 1.54. The van der Waals surface area contributed by atoms with Crippen LogP contribution in [0.4, 0.5) is 0 Å². The zero-order valence-corrected chi connectivity index (χ0v) is 16.5. The number of amides is 1. The van der Waals surface area contributed by atoms with Gasteiger partial charge in [0.05, 0.1) is 5.56 Å². The van der Waals surface area contributed by atoms with Gasteiger partial charge in [0.1, 0.15) is 0 Å². The number of piperazine rings is 1. The fourth-order valence-electron chi connectivity index (χ4n) is 3.69. The molecule has 1 aliphatic heterocycles. The van der Waals surface area contributed by atoms with Crippen molar-refractivity contribution in [3.8, 4) is 5.69 Å². The third-order valence-corrected chi connectivity index (χ3v) is 5.62. The van der Waals surface area contributed by atoms with Crippen molar-refractivity contribution in [3.63, 3.8) is 0 Å². The maximum Gasteiger partial charge on any atom is 0.262 e. The summed E-state index contributed by atoms with van der Waals surface area (Å²) in [5.74, 6) is -0.0327. The van der Waals surface area contributed by atoms with E-state index in [1.165, 1.54) is 4.57 Å². The number of likely N-dealkylation sites (N-methyl/N-ethyl adjacent to an activating group) is 1. The van der Waals surface area contributed by atoms with Crippen molar-refractivity contribution >= 4 is 28.3 Å². The Hall–Kier alpha value is -2.63. The lowest BCUT2D eigenvalue weighted by molar-refractivity contribution is 0.0644. The molecule has 1 amide bonds. The van der Waals surface area contributed by atoms with Gasteiger partial charge in [0.15, 0.2) is 0 Å². The Kier molecular flexibility index (Phi) is 5.20. The standard InChI is InChI=1S/C22H22ClN3O2/c1-2-24-11-13-25(14-12-24)21(27)20-15-26(17-9-7-16(23)8-10-17)22(28)19-6-4-3-5-18(19)20/h3-10,15H,2,11-14H2,1H3. The summed E-state index contributed by atoms with van der Waals surface area (Å²) in [6.45, 7) is 6.26. The average Bonchev–Trinajstić information content (AvgIpc) is 2.74. The van der Waals surface area contributed by atoms with Gasteiger partial charge < -0.3 is 9.80 Å². The Balaban J connectivity index is 1.81. The topological polar surface area (TPSA) is 45.5 Å². The predicted octanol–water partition coefficient (Wildman–Crippen LogP) is 3.42. The first-order chi connectivity index (χ1) is 13.6. The Morgan fingerprint density at radius 2 is 1.61 bits per heavy atom. The molecule has 5 nitrogen and oxygen atoms in total. The molecule has 3 aromatic rings. The zero-order chi connectivity index (χ0) is 19.7. The lowest BCUT2D eigenvalue weighted by Gasteiger charge is -2.34.